The van der Waals surface area contributed by atoms with E-state index in [2.05, 4.69) is 26.1 Å². The number of amides is 3. The summed E-state index contributed by atoms with van der Waals surface area (Å²) >= 11 is 0. The summed E-state index contributed by atoms with van der Waals surface area (Å²) in [6, 6.07) is 4.30. The molecule has 8 heteroatoms. The Kier molecular flexibility index (Phi) is 6.11. The molecular formula is C23H30N2O6. The third-order valence-electron chi connectivity index (χ3n) is 5.99. The monoisotopic (exact) mass is 430 g/mol. The van der Waals surface area contributed by atoms with Crippen molar-refractivity contribution in [2.75, 3.05) is 13.7 Å². The van der Waals surface area contributed by atoms with Crippen LogP contribution in [0.3, 0.4) is 0 Å². The van der Waals surface area contributed by atoms with Gasteiger partial charge in [-0.1, -0.05) is 20.8 Å². The van der Waals surface area contributed by atoms with Crippen LogP contribution >= 0.6 is 0 Å². The number of Topliss-reactive ketones (excluding diaryl/α,β-unsaturated/α-hetero) is 1. The summed E-state index contributed by atoms with van der Waals surface area (Å²) in [5.41, 5.74) is -0.0514. The number of rotatable bonds is 6. The van der Waals surface area contributed by atoms with Gasteiger partial charge in [0.25, 0.3) is 5.91 Å². The third kappa shape index (κ3) is 4.73. The molecule has 1 saturated heterocycles. The molecule has 1 saturated carbocycles. The Bertz CT molecular complexity index is 925. The first-order valence-corrected chi connectivity index (χ1v) is 10.4. The van der Waals surface area contributed by atoms with Gasteiger partial charge in [0.15, 0.2) is 5.78 Å². The number of methoxy groups -OCH3 is 1. The Morgan fingerprint density at radius 1 is 1.23 bits per heavy atom. The van der Waals surface area contributed by atoms with Gasteiger partial charge in [-0.25, -0.2) is 4.79 Å². The normalized spacial score (nSPS) is 24.8. The highest BCUT2D eigenvalue weighted by Crippen LogP contribution is 2.46. The molecule has 2 aliphatic rings. The zero-order valence-electron chi connectivity index (χ0n) is 18.7. The van der Waals surface area contributed by atoms with Crippen molar-refractivity contribution in [1.29, 1.82) is 0 Å². The van der Waals surface area contributed by atoms with Gasteiger partial charge in [-0.05, 0) is 55.7 Å². The molecule has 1 aromatic rings. The summed E-state index contributed by atoms with van der Waals surface area (Å²) in [5, 5.41) is 2.84. The summed E-state index contributed by atoms with van der Waals surface area (Å²) < 4.78 is 10.6. The number of nitrogens with one attached hydrogen (secondary N) is 1. The van der Waals surface area contributed by atoms with Crippen LogP contribution in [0.2, 0.25) is 0 Å². The maximum atomic E-state index is 13.1. The van der Waals surface area contributed by atoms with Crippen LogP contribution in [0, 0.1) is 11.3 Å². The zero-order chi connectivity index (χ0) is 23.0. The van der Waals surface area contributed by atoms with E-state index < -0.39 is 24.1 Å². The van der Waals surface area contributed by atoms with Gasteiger partial charge < -0.3 is 14.8 Å². The van der Waals surface area contributed by atoms with Gasteiger partial charge in [-0.3, -0.25) is 19.3 Å². The number of carbonyl (C=O) groups excluding carboxylic acids is 4. The zero-order valence-corrected chi connectivity index (χ0v) is 18.7. The molecule has 1 aliphatic heterocycles. The molecule has 0 aromatic heterocycles. The lowest BCUT2D eigenvalue weighted by atomic mass is 9.64. The van der Waals surface area contributed by atoms with Crippen molar-refractivity contribution in [1.82, 2.24) is 10.2 Å². The molecule has 1 heterocycles. The highest BCUT2D eigenvalue weighted by molar-refractivity contribution is 6.08. The smallest absolute Gasteiger partial charge is 0.326 e. The van der Waals surface area contributed by atoms with E-state index in [1.54, 1.807) is 18.2 Å². The number of hydrogen-bond acceptors (Lipinski definition) is 6. The van der Waals surface area contributed by atoms with Gasteiger partial charge in [-0.2, -0.15) is 0 Å². The topological polar surface area (TPSA) is 102 Å². The number of urea groups is 1. The minimum Gasteiger partial charge on any atom is -0.496 e. The number of esters is 1. The lowest BCUT2D eigenvalue weighted by Crippen LogP contribution is -2.54. The van der Waals surface area contributed by atoms with Crippen molar-refractivity contribution in [3.63, 3.8) is 0 Å². The average Bonchev–Trinajstić information content (AvgIpc) is 2.87. The quantitative estimate of drug-likeness (QED) is 0.423. The van der Waals surface area contributed by atoms with E-state index in [-0.39, 0.29) is 29.6 Å². The van der Waals surface area contributed by atoms with Crippen LogP contribution < -0.4 is 10.1 Å². The van der Waals surface area contributed by atoms with Gasteiger partial charge in [0, 0.05) is 11.1 Å². The molecule has 31 heavy (non-hydrogen) atoms. The fourth-order valence-corrected chi connectivity index (χ4v) is 5.09. The Hall–Kier alpha value is -2.90. The van der Waals surface area contributed by atoms with E-state index in [0.29, 0.717) is 29.7 Å². The Labute approximate surface area is 182 Å². The molecule has 1 spiro atoms. The van der Waals surface area contributed by atoms with Gasteiger partial charge in [0.05, 0.1) is 7.11 Å². The lowest BCUT2D eigenvalue weighted by Gasteiger charge is -2.43. The standard InChI is InChI=1S/C23H30N2O6/c1-14-9-22(3,4)13-23(10-14)20(28)25(21(29)24-23)11-19(27)31-12-17-8-16(15(2)26)6-7-18(17)30-5/h6-8,14H,9-13H2,1-5H3,(H,24,29)/t14-,23+/m1/s1. The summed E-state index contributed by atoms with van der Waals surface area (Å²) in [6.07, 6.45) is 2.07. The highest BCUT2D eigenvalue weighted by Gasteiger charge is 2.56. The van der Waals surface area contributed by atoms with E-state index >= 15 is 0 Å². The molecule has 0 bridgehead atoms. The number of carbonyl (C=O) groups is 4. The maximum absolute atomic E-state index is 13.1. The van der Waals surface area contributed by atoms with E-state index in [9.17, 15) is 19.2 Å². The van der Waals surface area contributed by atoms with Crippen molar-refractivity contribution < 1.29 is 28.7 Å². The van der Waals surface area contributed by atoms with Crippen molar-refractivity contribution in [3.05, 3.63) is 29.3 Å². The number of imide groups is 1. The number of nitrogens with zero attached hydrogens (tertiary/aromatic N) is 1. The molecule has 1 aromatic carbocycles. The van der Waals surface area contributed by atoms with Crippen LogP contribution in [0.25, 0.3) is 0 Å². The van der Waals surface area contributed by atoms with Crippen LogP contribution in [0.15, 0.2) is 18.2 Å². The lowest BCUT2D eigenvalue weighted by molar-refractivity contribution is -0.149. The molecular weight excluding hydrogens is 400 g/mol. The average molecular weight is 431 g/mol. The third-order valence-corrected chi connectivity index (χ3v) is 5.99. The molecule has 8 nitrogen and oxygen atoms in total. The first-order chi connectivity index (χ1) is 14.5. The minimum absolute atomic E-state index is 0.0879. The SMILES string of the molecule is COc1ccc(C(C)=O)cc1COC(=O)CN1C(=O)N[C@]2(C[C@H](C)CC(C)(C)C2)C1=O. The van der Waals surface area contributed by atoms with E-state index in [4.69, 9.17) is 9.47 Å². The molecule has 3 rings (SSSR count). The van der Waals surface area contributed by atoms with Gasteiger partial charge in [0.1, 0.15) is 24.4 Å². The van der Waals surface area contributed by atoms with E-state index in [0.717, 1.165) is 11.3 Å². The van der Waals surface area contributed by atoms with Crippen molar-refractivity contribution in [2.24, 2.45) is 11.3 Å². The molecule has 0 unspecified atom stereocenters. The summed E-state index contributed by atoms with van der Waals surface area (Å²) in [7, 11) is 1.48. The Balaban J connectivity index is 1.67. The van der Waals surface area contributed by atoms with Crippen molar-refractivity contribution >= 4 is 23.7 Å². The van der Waals surface area contributed by atoms with Crippen molar-refractivity contribution in [2.45, 2.75) is 59.1 Å². The van der Waals surface area contributed by atoms with Crippen LogP contribution in [-0.4, -0.2) is 47.8 Å². The van der Waals surface area contributed by atoms with Crippen LogP contribution in [0.4, 0.5) is 4.79 Å². The summed E-state index contributed by atoms with van der Waals surface area (Å²) in [6.45, 7) is 7.09. The Morgan fingerprint density at radius 3 is 2.55 bits per heavy atom. The molecule has 2 atom stereocenters. The first-order valence-electron chi connectivity index (χ1n) is 10.4. The van der Waals surface area contributed by atoms with E-state index in [1.807, 2.05) is 0 Å². The Morgan fingerprint density at radius 2 is 1.94 bits per heavy atom. The van der Waals surface area contributed by atoms with Crippen LogP contribution in [0.5, 0.6) is 5.75 Å². The van der Waals surface area contributed by atoms with Crippen LogP contribution in [0.1, 0.15) is 62.9 Å². The summed E-state index contributed by atoms with van der Waals surface area (Å²) in [4.78, 5) is 50.7. The van der Waals surface area contributed by atoms with Gasteiger partial charge in [-0.15, -0.1) is 0 Å². The molecule has 1 aliphatic carbocycles. The second-order valence-electron chi connectivity index (χ2n) is 9.50. The largest absolute Gasteiger partial charge is 0.496 e. The molecule has 3 amide bonds. The predicted octanol–water partition coefficient (Wildman–Crippen LogP) is 3.08. The fraction of sp³-hybridized carbons (Fsp3) is 0.565. The number of ketones is 1. The van der Waals surface area contributed by atoms with Gasteiger partial charge in [0.2, 0.25) is 0 Å². The number of benzene rings is 1. The number of ether oxygens (including phenoxy) is 2. The second kappa shape index (κ2) is 8.32. The molecule has 0 radical (unpaired) electrons. The fourth-order valence-electron chi connectivity index (χ4n) is 5.09. The van der Waals surface area contributed by atoms with Crippen molar-refractivity contribution in [3.8, 4) is 5.75 Å². The first kappa shape index (κ1) is 22.8. The highest BCUT2D eigenvalue weighted by atomic mass is 16.5. The van der Waals surface area contributed by atoms with Crippen LogP contribution in [-0.2, 0) is 20.9 Å². The minimum atomic E-state index is -0.961. The van der Waals surface area contributed by atoms with Gasteiger partial charge >= 0.3 is 12.0 Å². The predicted molar refractivity (Wildman–Crippen MR) is 113 cm³/mol. The number of hydrogen-bond donors (Lipinski definition) is 1. The van der Waals surface area contributed by atoms with E-state index in [1.165, 1.54) is 14.0 Å². The second-order valence-corrected chi connectivity index (χ2v) is 9.50. The molecule has 2 fully saturated rings. The maximum Gasteiger partial charge on any atom is 0.326 e. The molecule has 168 valence electrons. The molecule has 1 N–H and O–H groups in total. The summed E-state index contributed by atoms with van der Waals surface area (Å²) in [5.74, 6) is -0.445.